The Morgan fingerprint density at radius 1 is 0.839 bits per heavy atom. The van der Waals surface area contributed by atoms with Crippen molar-refractivity contribution in [2.75, 3.05) is 13.6 Å². The van der Waals surface area contributed by atoms with Gasteiger partial charge in [0.05, 0.1) is 24.3 Å². The lowest BCUT2D eigenvalue weighted by atomic mass is 9.50. The number of nitrogens with zero attached hydrogens (tertiary/aromatic N) is 1. The number of aliphatic carboxylic acids is 2. The van der Waals surface area contributed by atoms with E-state index in [-0.39, 0.29) is 30.1 Å². The number of likely N-dealkylation sites (N-methyl/N-ethyl adjacent to an activating group) is 1. The Labute approximate surface area is 356 Å². The summed E-state index contributed by atoms with van der Waals surface area (Å²) in [6.45, 7) is 12.2. The topological polar surface area (TPSA) is 289 Å². The molecule has 62 heavy (non-hydrogen) atoms. The van der Waals surface area contributed by atoms with Gasteiger partial charge in [-0.15, -0.1) is 0 Å². The van der Waals surface area contributed by atoms with E-state index in [9.17, 15) is 53.7 Å². The molecule has 340 valence electrons. The van der Waals surface area contributed by atoms with Crippen molar-refractivity contribution in [3.05, 3.63) is 35.1 Å². The van der Waals surface area contributed by atoms with Gasteiger partial charge >= 0.3 is 36.2 Å². The Balaban J connectivity index is 1.39. The fourth-order valence-electron chi connectivity index (χ4n) is 8.28. The molecule has 2 aliphatic heterocycles. The maximum atomic E-state index is 14.0. The number of carboxylic acids is 2. The third-order valence-corrected chi connectivity index (χ3v) is 10.9. The molecular weight excluding hydrogens is 822 g/mol. The zero-order valence-electron chi connectivity index (χ0n) is 35.9. The van der Waals surface area contributed by atoms with Crippen LogP contribution in [0.25, 0.3) is 0 Å². The second-order valence-corrected chi connectivity index (χ2v) is 17.7. The van der Waals surface area contributed by atoms with Crippen molar-refractivity contribution in [1.29, 1.82) is 0 Å². The molecule has 5 rings (SSSR count). The number of hydrogen-bond acceptors (Lipinski definition) is 17. The zero-order valence-corrected chi connectivity index (χ0v) is 35.9. The predicted molar refractivity (Wildman–Crippen MR) is 208 cm³/mol. The Morgan fingerprint density at radius 3 is 1.85 bits per heavy atom. The Hall–Kier alpha value is -6.12. The number of phenols is 1. The third kappa shape index (κ3) is 9.66. The highest BCUT2D eigenvalue weighted by Crippen LogP contribution is 2.66. The fraction of sp³-hybridized carbons (Fsp3) is 0.610. The lowest BCUT2D eigenvalue weighted by Crippen LogP contribution is -2.75. The minimum Gasteiger partial charge on any atom is -0.504 e. The summed E-state index contributed by atoms with van der Waals surface area (Å²) in [5, 5.41) is 35.4. The third-order valence-electron chi connectivity index (χ3n) is 10.9. The molecule has 2 aliphatic carbocycles. The molecule has 0 radical (unpaired) electrons. The van der Waals surface area contributed by atoms with Gasteiger partial charge < -0.3 is 59.1 Å². The smallest absolute Gasteiger partial charge is 0.504 e. The molecule has 0 unspecified atom stereocenters. The van der Waals surface area contributed by atoms with Crippen LogP contribution in [0, 0.1) is 0 Å². The number of benzene rings is 1. The molecule has 1 aromatic rings. The van der Waals surface area contributed by atoms with Gasteiger partial charge in [0.25, 0.3) is 11.8 Å². The van der Waals surface area contributed by atoms with Crippen LogP contribution in [0.1, 0.15) is 92.2 Å². The Bertz CT molecular complexity index is 2050. The number of hydrogen-bond donors (Lipinski definition) is 5. The molecule has 21 heteroatoms. The number of aromatic hydroxyl groups is 1. The first-order chi connectivity index (χ1) is 28.7. The van der Waals surface area contributed by atoms with Crippen LogP contribution >= 0.6 is 0 Å². The molecule has 1 spiro atoms. The summed E-state index contributed by atoms with van der Waals surface area (Å²) in [4.78, 5) is 104. The minimum atomic E-state index is -1.84. The summed E-state index contributed by atoms with van der Waals surface area (Å²) in [5.74, 6) is -7.72. The molecule has 2 amide bonds. The molecule has 1 aromatic carbocycles. The number of esters is 2. The van der Waals surface area contributed by atoms with E-state index in [2.05, 4.69) is 10.6 Å². The van der Waals surface area contributed by atoms with Crippen LogP contribution in [0.5, 0.6) is 11.5 Å². The van der Waals surface area contributed by atoms with Gasteiger partial charge in [-0.05, 0) is 99.5 Å². The van der Waals surface area contributed by atoms with Gasteiger partial charge in [0.1, 0.15) is 34.6 Å². The first kappa shape index (κ1) is 46.9. The summed E-state index contributed by atoms with van der Waals surface area (Å²) >= 11 is 0. The van der Waals surface area contributed by atoms with E-state index in [0.29, 0.717) is 18.5 Å². The highest BCUT2D eigenvalue weighted by molar-refractivity contribution is 5.91. The van der Waals surface area contributed by atoms with Crippen LogP contribution in [0.2, 0.25) is 0 Å². The number of rotatable bonds is 14. The molecule has 2 heterocycles. The van der Waals surface area contributed by atoms with E-state index < -0.39 is 119 Å². The number of ether oxygens (including phenoxy) is 7. The number of amides is 2. The van der Waals surface area contributed by atoms with E-state index in [1.807, 2.05) is 11.9 Å². The van der Waals surface area contributed by atoms with Gasteiger partial charge in [-0.1, -0.05) is 6.07 Å². The number of carbonyl (C=O) groups is 8. The molecule has 8 atom stereocenters. The predicted octanol–water partition coefficient (Wildman–Crippen LogP) is 2.36. The van der Waals surface area contributed by atoms with E-state index in [1.165, 1.54) is 26.0 Å². The lowest BCUT2D eigenvalue weighted by molar-refractivity contribution is -0.207. The summed E-state index contributed by atoms with van der Waals surface area (Å²) in [7, 11) is 1.82. The monoisotopic (exact) mass is 875 g/mol. The van der Waals surface area contributed by atoms with E-state index >= 15 is 0 Å². The second kappa shape index (κ2) is 17.3. The highest BCUT2D eigenvalue weighted by atomic mass is 16.7. The van der Waals surface area contributed by atoms with Crippen LogP contribution in [-0.4, -0.2) is 135 Å². The van der Waals surface area contributed by atoms with Crippen LogP contribution < -0.4 is 15.4 Å². The normalized spacial score (nSPS) is 24.2. The summed E-state index contributed by atoms with van der Waals surface area (Å²) in [6, 6.07) is -1.10. The molecule has 0 saturated carbocycles. The highest BCUT2D eigenvalue weighted by Gasteiger charge is 2.74. The minimum absolute atomic E-state index is 0.0454. The van der Waals surface area contributed by atoms with Crippen molar-refractivity contribution >= 4 is 48.0 Å². The van der Waals surface area contributed by atoms with Gasteiger partial charge in [0.2, 0.25) is 0 Å². The molecule has 21 nitrogen and oxygen atoms in total. The van der Waals surface area contributed by atoms with Gasteiger partial charge in [-0.2, -0.15) is 0 Å². The summed E-state index contributed by atoms with van der Waals surface area (Å²) in [5.41, 5.74) is -3.52. The zero-order chi connectivity index (χ0) is 46.3. The number of piperidine rings is 1. The quantitative estimate of drug-likeness (QED) is 0.132. The van der Waals surface area contributed by atoms with Crippen molar-refractivity contribution in [3.63, 3.8) is 0 Å². The van der Waals surface area contributed by atoms with E-state index in [4.69, 9.17) is 33.2 Å². The molecule has 5 N–H and O–H groups in total. The number of phenolic OH excluding ortho intramolecular Hbond substituents is 1. The molecule has 2 bridgehead atoms. The largest absolute Gasteiger partial charge is 0.509 e. The fourth-order valence-corrected chi connectivity index (χ4v) is 8.28. The van der Waals surface area contributed by atoms with Crippen LogP contribution in [0.15, 0.2) is 24.0 Å². The molecule has 1 fully saturated rings. The number of carboxylic acid groups (broad SMARTS) is 2. The SMILES string of the molecule is C[C@H](OC(=O)OC(C)(C)C)C(=O)N[C@@H](CC(=O)OC1=CC[C@@]2(OC(=O)C[C@H](NC(=O)[C@H](C)OC(=O)OC(C)(C)C)C(=O)O)[C@H]3Cc4ccc(O)c5c4[C@@]2(CCN3C)[C@H]1O5)C(=O)O. The van der Waals surface area contributed by atoms with Crippen molar-refractivity contribution in [3.8, 4) is 11.5 Å². The van der Waals surface area contributed by atoms with E-state index in [1.54, 1.807) is 47.6 Å². The Kier molecular flexibility index (Phi) is 13.1. The van der Waals surface area contributed by atoms with Crippen LogP contribution in [0.3, 0.4) is 0 Å². The average Bonchev–Trinajstić information content (AvgIpc) is 3.49. The second-order valence-electron chi connectivity index (χ2n) is 17.7. The summed E-state index contributed by atoms with van der Waals surface area (Å²) < 4.78 is 38.6. The van der Waals surface area contributed by atoms with Crippen molar-refractivity contribution < 1.29 is 86.8 Å². The summed E-state index contributed by atoms with van der Waals surface area (Å²) in [6.07, 6.45) is -6.54. The Morgan fingerprint density at radius 2 is 1.35 bits per heavy atom. The van der Waals surface area contributed by atoms with Crippen molar-refractivity contribution in [1.82, 2.24) is 15.5 Å². The van der Waals surface area contributed by atoms with Gasteiger partial charge in [0, 0.05) is 12.0 Å². The first-order valence-electron chi connectivity index (χ1n) is 19.9. The van der Waals surface area contributed by atoms with Crippen molar-refractivity contribution in [2.24, 2.45) is 0 Å². The van der Waals surface area contributed by atoms with E-state index in [0.717, 1.165) is 5.56 Å². The average molecular weight is 876 g/mol. The standard InChI is InChI=1S/C41H53N3O18/c1-19(56-36(54)61-38(3,4)5)32(48)42-22(34(50)51)17-27(46)58-25-12-13-41(26-16-21-10-11-24(45)30-29(21)40(41,31(25)59-30)14-15-44(26)9)60-28(47)18-23(35(52)53)43-33(49)20(2)57-37(55)62-39(6,7)8/h10-12,19-20,22-23,26,31,45H,13-18H2,1-9H3,(H,42,48)(H,43,49)(H,50,51)(H,52,53)/t19-,20-,22-,23-,26+,31-,40-,41+/m0/s1. The maximum Gasteiger partial charge on any atom is 0.509 e. The van der Waals surface area contributed by atoms with Crippen LogP contribution in [-0.2, 0) is 69.0 Å². The number of carbonyl (C=O) groups excluding carboxylic acids is 6. The van der Waals surface area contributed by atoms with Crippen molar-refractivity contribution in [2.45, 2.75) is 146 Å². The molecule has 1 saturated heterocycles. The lowest BCUT2D eigenvalue weighted by Gasteiger charge is -2.62. The number of likely N-dealkylation sites (tertiary alicyclic amines) is 1. The van der Waals surface area contributed by atoms with Gasteiger partial charge in [-0.3, -0.25) is 24.1 Å². The number of nitrogens with one attached hydrogen (secondary N) is 2. The van der Waals surface area contributed by atoms with Crippen LogP contribution in [0.4, 0.5) is 9.59 Å². The molecular formula is C41H53N3O18. The first-order valence-corrected chi connectivity index (χ1v) is 19.9. The molecule has 0 aromatic heterocycles. The molecule has 4 aliphatic rings. The van der Waals surface area contributed by atoms with Gasteiger partial charge in [0.15, 0.2) is 29.8 Å². The van der Waals surface area contributed by atoms with Gasteiger partial charge in [-0.25, -0.2) is 19.2 Å². The maximum absolute atomic E-state index is 14.0.